The Hall–Kier alpha value is -2.18. The lowest BCUT2D eigenvalue weighted by atomic mass is 10.0. The van der Waals surface area contributed by atoms with E-state index in [0.717, 1.165) is 12.1 Å². The number of hydrogen-bond donors (Lipinski definition) is 1. The Labute approximate surface area is 121 Å². The van der Waals surface area contributed by atoms with E-state index in [4.69, 9.17) is 4.74 Å². The van der Waals surface area contributed by atoms with E-state index in [1.54, 1.807) is 13.8 Å². The van der Waals surface area contributed by atoms with Gasteiger partial charge in [0.15, 0.2) is 18.2 Å². The summed E-state index contributed by atoms with van der Waals surface area (Å²) < 4.78 is 35.5. The molecular formula is C14H17F2NO4. The highest BCUT2D eigenvalue weighted by Gasteiger charge is 2.25. The van der Waals surface area contributed by atoms with Crippen LogP contribution in [0.15, 0.2) is 18.2 Å². The standard InChI is InChI=1S/C14H17F2NO4/c1-8(2)13(14(19)20-3)17-12(18)7-21-11-5-4-9(15)6-10(11)16/h4-6,8,13H,7H2,1-3H3,(H,17,18). The summed E-state index contributed by atoms with van der Waals surface area (Å²) in [5, 5.41) is 2.43. The van der Waals surface area contributed by atoms with Crippen molar-refractivity contribution in [2.24, 2.45) is 5.92 Å². The maximum absolute atomic E-state index is 13.3. The van der Waals surface area contributed by atoms with Crippen LogP contribution in [0.25, 0.3) is 0 Å². The highest BCUT2D eigenvalue weighted by atomic mass is 19.1. The summed E-state index contributed by atoms with van der Waals surface area (Å²) in [7, 11) is 1.22. The highest BCUT2D eigenvalue weighted by Crippen LogP contribution is 2.17. The number of benzene rings is 1. The zero-order valence-corrected chi connectivity index (χ0v) is 12.0. The van der Waals surface area contributed by atoms with Crippen LogP contribution < -0.4 is 10.1 Å². The molecule has 1 N–H and O–H groups in total. The smallest absolute Gasteiger partial charge is 0.328 e. The van der Waals surface area contributed by atoms with E-state index in [1.165, 1.54) is 7.11 Å². The van der Waals surface area contributed by atoms with Gasteiger partial charge in [-0.1, -0.05) is 13.8 Å². The van der Waals surface area contributed by atoms with Gasteiger partial charge in [-0.2, -0.15) is 0 Å². The third-order valence-electron chi connectivity index (χ3n) is 2.69. The molecule has 1 atom stereocenters. The maximum atomic E-state index is 13.3. The van der Waals surface area contributed by atoms with E-state index in [9.17, 15) is 18.4 Å². The summed E-state index contributed by atoms with van der Waals surface area (Å²) in [6.07, 6.45) is 0. The van der Waals surface area contributed by atoms with E-state index in [1.807, 2.05) is 0 Å². The van der Waals surface area contributed by atoms with Crippen molar-refractivity contribution in [1.29, 1.82) is 0 Å². The second-order valence-corrected chi connectivity index (χ2v) is 4.68. The number of ether oxygens (including phenoxy) is 2. The Balaban J connectivity index is 2.58. The van der Waals surface area contributed by atoms with Gasteiger partial charge in [0, 0.05) is 6.07 Å². The molecule has 0 aliphatic rings. The van der Waals surface area contributed by atoms with Crippen molar-refractivity contribution in [3.8, 4) is 5.75 Å². The molecule has 0 saturated carbocycles. The summed E-state index contributed by atoms with van der Waals surface area (Å²) in [6, 6.07) is 1.93. The molecule has 1 unspecified atom stereocenters. The lowest BCUT2D eigenvalue weighted by Gasteiger charge is -2.19. The van der Waals surface area contributed by atoms with Gasteiger partial charge in [0.05, 0.1) is 7.11 Å². The van der Waals surface area contributed by atoms with Crippen LogP contribution in [0, 0.1) is 17.6 Å². The zero-order chi connectivity index (χ0) is 16.0. The van der Waals surface area contributed by atoms with E-state index in [-0.39, 0.29) is 11.7 Å². The molecule has 21 heavy (non-hydrogen) atoms. The molecule has 0 saturated heterocycles. The summed E-state index contributed by atoms with van der Waals surface area (Å²) in [4.78, 5) is 23.2. The van der Waals surface area contributed by atoms with Gasteiger partial charge < -0.3 is 14.8 Å². The van der Waals surface area contributed by atoms with Gasteiger partial charge >= 0.3 is 5.97 Å². The fourth-order valence-corrected chi connectivity index (χ4v) is 1.58. The fourth-order valence-electron chi connectivity index (χ4n) is 1.58. The Morgan fingerprint density at radius 1 is 1.29 bits per heavy atom. The zero-order valence-electron chi connectivity index (χ0n) is 12.0. The largest absolute Gasteiger partial charge is 0.481 e. The topological polar surface area (TPSA) is 64.6 Å². The van der Waals surface area contributed by atoms with E-state index in [0.29, 0.717) is 6.07 Å². The number of carbonyl (C=O) groups excluding carboxylic acids is 2. The van der Waals surface area contributed by atoms with Gasteiger partial charge in [-0.15, -0.1) is 0 Å². The summed E-state index contributed by atoms with van der Waals surface area (Å²) in [6.45, 7) is 2.98. The predicted octanol–water partition coefficient (Wildman–Crippen LogP) is 1.66. The van der Waals surface area contributed by atoms with Crippen LogP contribution in [0.2, 0.25) is 0 Å². The second kappa shape index (κ2) is 7.56. The normalized spacial score (nSPS) is 11.9. The molecule has 7 heteroatoms. The minimum absolute atomic E-state index is 0.177. The molecule has 1 rings (SSSR count). The fraction of sp³-hybridized carbons (Fsp3) is 0.429. The number of carbonyl (C=O) groups is 2. The molecule has 1 amide bonds. The summed E-state index contributed by atoms with van der Waals surface area (Å²) >= 11 is 0. The minimum Gasteiger partial charge on any atom is -0.481 e. The van der Waals surface area contributed by atoms with Crippen molar-refractivity contribution in [1.82, 2.24) is 5.32 Å². The van der Waals surface area contributed by atoms with Crippen LogP contribution in [0.5, 0.6) is 5.75 Å². The first-order valence-electron chi connectivity index (χ1n) is 6.30. The van der Waals surface area contributed by atoms with Crippen molar-refractivity contribution in [3.05, 3.63) is 29.8 Å². The van der Waals surface area contributed by atoms with Crippen LogP contribution >= 0.6 is 0 Å². The lowest BCUT2D eigenvalue weighted by molar-refractivity contribution is -0.146. The van der Waals surface area contributed by atoms with Crippen LogP contribution in [0.4, 0.5) is 8.78 Å². The van der Waals surface area contributed by atoms with Gasteiger partial charge in [0.25, 0.3) is 5.91 Å². The lowest BCUT2D eigenvalue weighted by Crippen LogP contribution is -2.46. The number of rotatable bonds is 6. The molecule has 0 spiro atoms. The Morgan fingerprint density at radius 3 is 2.48 bits per heavy atom. The molecule has 0 heterocycles. The third-order valence-corrected chi connectivity index (χ3v) is 2.69. The molecule has 0 bridgehead atoms. The Kier molecular flexibility index (Phi) is 6.08. The minimum atomic E-state index is -0.906. The monoisotopic (exact) mass is 301 g/mol. The van der Waals surface area contributed by atoms with Crippen molar-refractivity contribution >= 4 is 11.9 Å². The van der Waals surface area contributed by atoms with Crippen LogP contribution in [0.1, 0.15) is 13.8 Å². The van der Waals surface area contributed by atoms with Gasteiger partial charge in [0.2, 0.25) is 0 Å². The summed E-state index contributed by atoms with van der Waals surface area (Å²) in [5.74, 6) is -3.25. The van der Waals surface area contributed by atoms with Gasteiger partial charge in [0.1, 0.15) is 11.9 Å². The van der Waals surface area contributed by atoms with E-state index in [2.05, 4.69) is 10.1 Å². The molecule has 116 valence electrons. The van der Waals surface area contributed by atoms with E-state index < -0.39 is 36.2 Å². The Morgan fingerprint density at radius 2 is 1.95 bits per heavy atom. The van der Waals surface area contributed by atoms with Crippen molar-refractivity contribution in [2.45, 2.75) is 19.9 Å². The number of esters is 1. The average molecular weight is 301 g/mol. The number of hydrogen-bond acceptors (Lipinski definition) is 4. The first-order chi connectivity index (χ1) is 9.85. The van der Waals surface area contributed by atoms with Crippen molar-refractivity contribution < 1.29 is 27.8 Å². The molecule has 0 aliphatic heterocycles. The molecule has 0 fully saturated rings. The predicted molar refractivity (Wildman–Crippen MR) is 70.6 cm³/mol. The first kappa shape index (κ1) is 16.9. The van der Waals surface area contributed by atoms with Crippen LogP contribution in [-0.2, 0) is 14.3 Å². The molecule has 0 aromatic heterocycles. The van der Waals surface area contributed by atoms with E-state index >= 15 is 0 Å². The second-order valence-electron chi connectivity index (χ2n) is 4.68. The molecule has 0 radical (unpaired) electrons. The first-order valence-corrected chi connectivity index (χ1v) is 6.30. The Bertz CT molecular complexity index is 520. The third kappa shape index (κ3) is 5.02. The van der Waals surface area contributed by atoms with Gasteiger partial charge in [-0.25, -0.2) is 13.6 Å². The summed E-state index contributed by atoms with van der Waals surface area (Å²) in [5.41, 5.74) is 0. The molecule has 1 aromatic carbocycles. The number of methoxy groups -OCH3 is 1. The van der Waals surface area contributed by atoms with Crippen LogP contribution in [0.3, 0.4) is 0 Å². The van der Waals surface area contributed by atoms with Crippen LogP contribution in [-0.4, -0.2) is 31.6 Å². The average Bonchev–Trinajstić information content (AvgIpc) is 2.42. The molecule has 0 aliphatic carbocycles. The highest BCUT2D eigenvalue weighted by molar-refractivity contribution is 5.85. The maximum Gasteiger partial charge on any atom is 0.328 e. The van der Waals surface area contributed by atoms with Gasteiger partial charge in [-0.05, 0) is 18.1 Å². The molecule has 1 aromatic rings. The number of nitrogens with one attached hydrogen (secondary N) is 1. The SMILES string of the molecule is COC(=O)C(NC(=O)COc1ccc(F)cc1F)C(C)C. The molecular weight excluding hydrogens is 284 g/mol. The molecule has 5 nitrogen and oxygen atoms in total. The number of amides is 1. The number of halogens is 2. The van der Waals surface area contributed by atoms with Crippen molar-refractivity contribution in [3.63, 3.8) is 0 Å². The quantitative estimate of drug-likeness (QED) is 0.812. The van der Waals surface area contributed by atoms with Gasteiger partial charge in [-0.3, -0.25) is 4.79 Å². The van der Waals surface area contributed by atoms with Crippen molar-refractivity contribution in [2.75, 3.05) is 13.7 Å².